The molecule has 4 aromatic carbocycles. The summed E-state index contributed by atoms with van der Waals surface area (Å²) in [5.41, 5.74) is 8.13. The van der Waals surface area contributed by atoms with E-state index in [4.69, 9.17) is 5.84 Å². The second-order valence-electron chi connectivity index (χ2n) is 14.8. The fourth-order valence-electron chi connectivity index (χ4n) is 7.68. The van der Waals surface area contributed by atoms with Gasteiger partial charge in [-0.3, -0.25) is 15.3 Å². The van der Waals surface area contributed by atoms with Crippen LogP contribution < -0.4 is 11.2 Å². The highest BCUT2D eigenvalue weighted by Crippen LogP contribution is 2.26. The Morgan fingerprint density at radius 1 is 0.661 bits per heavy atom. The van der Waals surface area contributed by atoms with Gasteiger partial charge in [-0.25, -0.2) is 5.01 Å². The van der Waals surface area contributed by atoms with Gasteiger partial charge in [0.25, 0.3) is 0 Å². The number of allylic oxidation sites excluding steroid dienone is 8. The van der Waals surface area contributed by atoms with Crippen molar-refractivity contribution in [3.05, 3.63) is 215 Å². The first-order valence-electron chi connectivity index (χ1n) is 19.6. The average Bonchev–Trinajstić information content (AvgIpc) is 3.58. The molecular weight excluding hydrogens is 683 g/mol. The van der Waals surface area contributed by atoms with Crippen LogP contribution in [0.2, 0.25) is 0 Å². The minimum absolute atomic E-state index is 0.00455. The molecule has 3 aliphatic carbocycles. The Kier molecular flexibility index (Phi) is 11.8. The Morgan fingerprint density at radius 3 is 1.96 bits per heavy atom. The standard InChI is InChI=1S/C51H48N5/c52-56(38-47-19-11-4-12-20-47)49-31-29-42(33-48(49)53-35-44-13-5-1-6-14-44)27-25-40-21-23-41(24-22-40)26-28-43-30-32-50-51(34-43)55(37-46-17-9-3-10-18-46)39-54(50)36-45-15-7-2-8-16-45/h1-21,23-24,29-34,39-40,48-51,53H,22,35-38,52H2/q+1. The lowest BCUT2D eigenvalue weighted by Crippen LogP contribution is -2.51. The zero-order chi connectivity index (χ0) is 37.9. The van der Waals surface area contributed by atoms with E-state index in [0.717, 1.165) is 42.8 Å². The van der Waals surface area contributed by atoms with Crippen molar-refractivity contribution < 1.29 is 4.58 Å². The summed E-state index contributed by atoms with van der Waals surface area (Å²) in [7, 11) is 0. The maximum atomic E-state index is 6.69. The van der Waals surface area contributed by atoms with E-state index in [1.54, 1.807) is 0 Å². The summed E-state index contributed by atoms with van der Waals surface area (Å²) >= 11 is 0. The second kappa shape index (κ2) is 17.9. The average molecular weight is 731 g/mol. The molecule has 5 unspecified atom stereocenters. The minimum atomic E-state index is -0.00455. The number of nitrogens with one attached hydrogen (secondary N) is 1. The van der Waals surface area contributed by atoms with Crippen LogP contribution in [0.15, 0.2) is 193 Å². The summed E-state index contributed by atoms with van der Waals surface area (Å²) in [6.45, 7) is 3.13. The molecule has 276 valence electrons. The number of hydrogen-bond acceptors (Lipinski definition) is 4. The van der Waals surface area contributed by atoms with E-state index in [9.17, 15) is 0 Å². The Labute approximate surface area is 332 Å². The van der Waals surface area contributed by atoms with Gasteiger partial charge in [0.15, 0.2) is 12.1 Å². The summed E-state index contributed by atoms with van der Waals surface area (Å²) in [4.78, 5) is 2.45. The molecular formula is C51H48N5+. The van der Waals surface area contributed by atoms with Crippen molar-refractivity contribution in [2.75, 3.05) is 0 Å². The number of benzene rings is 4. The van der Waals surface area contributed by atoms with Gasteiger partial charge in [-0.05, 0) is 65.1 Å². The lowest BCUT2D eigenvalue weighted by atomic mass is 9.94. The van der Waals surface area contributed by atoms with Crippen molar-refractivity contribution >= 4 is 6.34 Å². The molecule has 0 saturated carbocycles. The van der Waals surface area contributed by atoms with Crippen LogP contribution in [0.25, 0.3) is 0 Å². The van der Waals surface area contributed by atoms with Gasteiger partial charge >= 0.3 is 0 Å². The Balaban J connectivity index is 0.915. The number of hydrazine groups is 1. The van der Waals surface area contributed by atoms with Crippen molar-refractivity contribution in [2.45, 2.75) is 56.8 Å². The summed E-state index contributed by atoms with van der Waals surface area (Å²) < 4.78 is 2.45. The summed E-state index contributed by atoms with van der Waals surface area (Å²) in [5, 5.41) is 5.65. The van der Waals surface area contributed by atoms with E-state index in [-0.39, 0.29) is 30.1 Å². The van der Waals surface area contributed by atoms with Crippen LogP contribution in [0.3, 0.4) is 0 Å². The van der Waals surface area contributed by atoms with Crippen LogP contribution in [0.4, 0.5) is 0 Å². The molecule has 0 spiro atoms. The van der Waals surface area contributed by atoms with Crippen molar-refractivity contribution in [1.82, 2.24) is 15.2 Å². The Morgan fingerprint density at radius 2 is 1.27 bits per heavy atom. The first-order valence-corrected chi connectivity index (χ1v) is 19.6. The van der Waals surface area contributed by atoms with E-state index < -0.39 is 0 Å². The second-order valence-corrected chi connectivity index (χ2v) is 14.8. The van der Waals surface area contributed by atoms with E-state index in [1.165, 1.54) is 22.3 Å². The third-order valence-corrected chi connectivity index (χ3v) is 10.7. The molecule has 3 N–H and O–H groups in total. The summed E-state index contributed by atoms with van der Waals surface area (Å²) in [6, 6.07) is 42.7. The number of fused-ring (bicyclic) bond motifs is 1. The van der Waals surface area contributed by atoms with Crippen LogP contribution >= 0.6 is 0 Å². The first-order chi connectivity index (χ1) is 27.6. The molecule has 0 radical (unpaired) electrons. The van der Waals surface area contributed by atoms with Crippen LogP contribution in [-0.4, -0.2) is 45.0 Å². The van der Waals surface area contributed by atoms with E-state index in [0.29, 0.717) is 6.54 Å². The Bertz CT molecular complexity index is 2310. The van der Waals surface area contributed by atoms with E-state index in [2.05, 4.69) is 209 Å². The molecule has 5 atom stereocenters. The molecule has 56 heavy (non-hydrogen) atoms. The van der Waals surface area contributed by atoms with Gasteiger partial charge in [-0.15, -0.1) is 0 Å². The highest BCUT2D eigenvalue weighted by Gasteiger charge is 2.40. The molecule has 4 aliphatic rings. The SMILES string of the molecule is NN(Cc1ccccc1)C1C=CC(C#CC2C=CC(C#CC3=CC4C(C=C3)[N+](Cc3ccccc3)=CN4Cc3ccccc3)=CC2)=CC1NCc1ccccc1. The molecule has 0 amide bonds. The number of nitrogens with zero attached hydrogens (tertiary/aromatic N) is 3. The summed E-state index contributed by atoms with van der Waals surface area (Å²) in [5.74, 6) is 20.7. The van der Waals surface area contributed by atoms with Crippen LogP contribution in [0.5, 0.6) is 0 Å². The minimum Gasteiger partial charge on any atom is -0.305 e. The quantitative estimate of drug-likeness (QED) is 0.0755. The van der Waals surface area contributed by atoms with Crippen molar-refractivity contribution in [3.8, 4) is 23.7 Å². The number of nitrogens with two attached hydrogens (primary N) is 1. The molecule has 0 aromatic heterocycles. The molecule has 0 saturated heterocycles. The van der Waals surface area contributed by atoms with E-state index in [1.807, 2.05) is 17.1 Å². The van der Waals surface area contributed by atoms with Crippen molar-refractivity contribution in [2.24, 2.45) is 11.8 Å². The van der Waals surface area contributed by atoms with Crippen LogP contribution in [-0.2, 0) is 26.2 Å². The zero-order valence-corrected chi connectivity index (χ0v) is 31.7. The van der Waals surface area contributed by atoms with Crippen molar-refractivity contribution in [3.63, 3.8) is 0 Å². The highest BCUT2D eigenvalue weighted by molar-refractivity contribution is 5.57. The number of rotatable bonds is 10. The normalized spacial score (nSPS) is 22.2. The van der Waals surface area contributed by atoms with Gasteiger partial charge in [0.2, 0.25) is 6.34 Å². The predicted octanol–water partition coefficient (Wildman–Crippen LogP) is 7.89. The van der Waals surface area contributed by atoms with Gasteiger partial charge in [0.05, 0.1) is 6.04 Å². The lowest BCUT2D eigenvalue weighted by Gasteiger charge is -2.33. The predicted molar refractivity (Wildman–Crippen MR) is 228 cm³/mol. The van der Waals surface area contributed by atoms with Crippen LogP contribution in [0, 0.1) is 29.6 Å². The maximum Gasteiger partial charge on any atom is 0.235 e. The first kappa shape index (κ1) is 36.8. The molecule has 1 heterocycles. The fraction of sp³-hybridized carbons (Fsp3) is 0.196. The van der Waals surface area contributed by atoms with Gasteiger partial charge in [0, 0.05) is 41.8 Å². The molecule has 1 aliphatic heterocycles. The Hall–Kier alpha value is -6.21. The summed E-state index contributed by atoms with van der Waals surface area (Å²) in [6.07, 6.45) is 23.1. The fourth-order valence-corrected chi connectivity index (χ4v) is 7.68. The van der Waals surface area contributed by atoms with Gasteiger partial charge in [-0.1, -0.05) is 163 Å². The molecule has 8 rings (SSSR count). The lowest BCUT2D eigenvalue weighted by molar-refractivity contribution is -0.558. The maximum absolute atomic E-state index is 6.69. The molecule has 0 bridgehead atoms. The number of hydrogen-bond donors (Lipinski definition) is 2. The topological polar surface area (TPSA) is 47.5 Å². The van der Waals surface area contributed by atoms with Crippen molar-refractivity contribution in [1.29, 1.82) is 0 Å². The monoisotopic (exact) mass is 730 g/mol. The van der Waals surface area contributed by atoms with E-state index >= 15 is 0 Å². The zero-order valence-electron chi connectivity index (χ0n) is 31.7. The third kappa shape index (κ3) is 9.53. The highest BCUT2D eigenvalue weighted by atomic mass is 15.4. The van der Waals surface area contributed by atoms with Gasteiger partial charge in [-0.2, -0.15) is 0 Å². The molecule has 5 heteroatoms. The largest absolute Gasteiger partial charge is 0.305 e. The smallest absolute Gasteiger partial charge is 0.235 e. The molecule has 5 nitrogen and oxygen atoms in total. The van der Waals surface area contributed by atoms with Gasteiger partial charge < -0.3 is 5.32 Å². The third-order valence-electron chi connectivity index (χ3n) is 10.7. The van der Waals surface area contributed by atoms with Gasteiger partial charge in [0.1, 0.15) is 13.1 Å². The molecule has 4 aromatic rings. The van der Waals surface area contributed by atoms with Crippen LogP contribution in [0.1, 0.15) is 28.7 Å². The molecule has 0 fully saturated rings.